The van der Waals surface area contributed by atoms with Crippen LogP contribution in [0, 0.1) is 5.82 Å². The van der Waals surface area contributed by atoms with Crippen molar-refractivity contribution < 1.29 is 13.9 Å². The van der Waals surface area contributed by atoms with E-state index in [-0.39, 0.29) is 22.4 Å². The number of carbonyl (C=O) groups excluding carboxylic acids is 1. The van der Waals surface area contributed by atoms with Gasteiger partial charge in [-0.1, -0.05) is 35.5 Å². The van der Waals surface area contributed by atoms with E-state index in [0.717, 1.165) is 49.5 Å². The van der Waals surface area contributed by atoms with Gasteiger partial charge in [0.2, 0.25) is 5.91 Å². The van der Waals surface area contributed by atoms with E-state index in [9.17, 15) is 9.18 Å². The van der Waals surface area contributed by atoms with E-state index < -0.39 is 5.82 Å². The quantitative estimate of drug-likeness (QED) is 0.497. The van der Waals surface area contributed by atoms with Crippen LogP contribution in [0.4, 0.5) is 21.6 Å². The molecule has 7 nitrogen and oxygen atoms in total. The zero-order chi connectivity index (χ0) is 23.2. The van der Waals surface area contributed by atoms with E-state index >= 15 is 0 Å². The minimum absolute atomic E-state index is 0.0783. The second kappa shape index (κ2) is 10.7. The third-order valence-corrected chi connectivity index (χ3v) is 6.40. The molecule has 172 valence electrons. The molecule has 2 aromatic carbocycles. The first kappa shape index (κ1) is 23.1. The molecule has 1 aromatic heterocycles. The molecular weight excluding hydrogens is 465 g/mol. The highest BCUT2D eigenvalue weighted by molar-refractivity contribution is 8.00. The smallest absolute Gasteiger partial charge is 0.234 e. The number of thioether (sulfide) groups is 1. The molecule has 33 heavy (non-hydrogen) atoms. The molecule has 1 aliphatic heterocycles. The lowest BCUT2D eigenvalue weighted by Crippen LogP contribution is -2.47. The molecule has 0 aliphatic carbocycles. The standard InChI is InChI=1S/C23H23ClFN5O2S/c1-32-20-5-3-2-4-19(20)29-10-12-30(13-11-29)22-23(27-9-8-26-22)33-15-21(31)28-18-7-6-16(24)14-17(18)25/h2-9,14H,10-13,15H2,1H3,(H,28,31). The van der Waals surface area contributed by atoms with Crippen LogP contribution in [0.25, 0.3) is 0 Å². The normalized spacial score (nSPS) is 13.7. The van der Waals surface area contributed by atoms with Gasteiger partial charge in [0.05, 0.1) is 24.2 Å². The van der Waals surface area contributed by atoms with Crippen LogP contribution in [0.1, 0.15) is 0 Å². The van der Waals surface area contributed by atoms with Crippen molar-refractivity contribution in [2.75, 3.05) is 54.2 Å². The topological polar surface area (TPSA) is 70.6 Å². The molecule has 2 heterocycles. The lowest BCUT2D eigenvalue weighted by Gasteiger charge is -2.37. The molecule has 0 spiro atoms. The summed E-state index contributed by atoms with van der Waals surface area (Å²) >= 11 is 7.03. The molecule has 4 rings (SSSR count). The summed E-state index contributed by atoms with van der Waals surface area (Å²) in [6.07, 6.45) is 3.25. The molecule has 1 fully saturated rings. The maximum absolute atomic E-state index is 13.9. The third-order valence-electron chi connectivity index (χ3n) is 5.20. The summed E-state index contributed by atoms with van der Waals surface area (Å²) in [6, 6.07) is 12.1. The van der Waals surface area contributed by atoms with E-state index in [1.54, 1.807) is 19.5 Å². The van der Waals surface area contributed by atoms with Crippen LogP contribution in [0.15, 0.2) is 59.9 Å². The van der Waals surface area contributed by atoms with Gasteiger partial charge in [0, 0.05) is 43.6 Å². The molecule has 0 radical (unpaired) electrons. The fraction of sp³-hybridized carbons (Fsp3) is 0.261. The van der Waals surface area contributed by atoms with Crippen LogP contribution in [0.5, 0.6) is 5.75 Å². The Morgan fingerprint density at radius 3 is 2.61 bits per heavy atom. The Labute approximate surface area is 200 Å². The highest BCUT2D eigenvalue weighted by Crippen LogP contribution is 2.31. The van der Waals surface area contributed by atoms with Crippen LogP contribution in [-0.2, 0) is 4.79 Å². The first-order valence-electron chi connectivity index (χ1n) is 10.4. The van der Waals surface area contributed by atoms with Gasteiger partial charge in [-0.15, -0.1) is 0 Å². The van der Waals surface area contributed by atoms with Crippen molar-refractivity contribution in [3.8, 4) is 5.75 Å². The predicted molar refractivity (Wildman–Crippen MR) is 130 cm³/mol. The zero-order valence-electron chi connectivity index (χ0n) is 18.0. The minimum atomic E-state index is -0.575. The Morgan fingerprint density at radius 2 is 1.85 bits per heavy atom. The van der Waals surface area contributed by atoms with Gasteiger partial charge >= 0.3 is 0 Å². The summed E-state index contributed by atoms with van der Waals surface area (Å²) in [5.74, 6) is 0.764. The minimum Gasteiger partial charge on any atom is -0.495 e. The van der Waals surface area contributed by atoms with Crippen molar-refractivity contribution in [2.45, 2.75) is 5.03 Å². The average molecular weight is 488 g/mol. The van der Waals surface area contributed by atoms with E-state index in [4.69, 9.17) is 16.3 Å². The summed E-state index contributed by atoms with van der Waals surface area (Å²) < 4.78 is 19.4. The number of halogens is 2. The van der Waals surface area contributed by atoms with Crippen LogP contribution >= 0.6 is 23.4 Å². The van der Waals surface area contributed by atoms with Gasteiger partial charge in [0.15, 0.2) is 5.82 Å². The van der Waals surface area contributed by atoms with E-state index in [1.165, 1.54) is 23.9 Å². The van der Waals surface area contributed by atoms with Crippen molar-refractivity contribution in [2.24, 2.45) is 0 Å². The Bertz CT molecular complexity index is 1130. The van der Waals surface area contributed by atoms with E-state index in [1.807, 2.05) is 18.2 Å². The van der Waals surface area contributed by atoms with Crippen LogP contribution in [-0.4, -0.2) is 54.9 Å². The number of benzene rings is 2. The summed E-state index contributed by atoms with van der Waals surface area (Å²) in [5, 5.41) is 3.50. The van der Waals surface area contributed by atoms with Crippen LogP contribution < -0.4 is 19.9 Å². The zero-order valence-corrected chi connectivity index (χ0v) is 19.6. The molecule has 10 heteroatoms. The summed E-state index contributed by atoms with van der Waals surface area (Å²) in [4.78, 5) is 25.7. The van der Waals surface area contributed by atoms with E-state index in [2.05, 4.69) is 31.2 Å². The number of methoxy groups -OCH3 is 1. The molecule has 1 saturated heterocycles. The molecule has 1 aliphatic rings. The van der Waals surface area contributed by atoms with Gasteiger partial charge in [0.25, 0.3) is 0 Å². The van der Waals surface area contributed by atoms with Gasteiger partial charge in [-0.05, 0) is 30.3 Å². The highest BCUT2D eigenvalue weighted by atomic mass is 35.5. The number of ether oxygens (including phenoxy) is 1. The predicted octanol–water partition coefficient (Wildman–Crippen LogP) is 4.34. The lowest BCUT2D eigenvalue weighted by molar-refractivity contribution is -0.113. The number of hydrogen-bond acceptors (Lipinski definition) is 7. The number of carbonyl (C=O) groups is 1. The molecule has 0 unspecified atom stereocenters. The van der Waals surface area contributed by atoms with Gasteiger partial charge in [0.1, 0.15) is 16.6 Å². The third kappa shape index (κ3) is 5.66. The largest absolute Gasteiger partial charge is 0.495 e. The number of rotatable bonds is 7. The number of nitrogens with zero attached hydrogens (tertiary/aromatic N) is 4. The number of para-hydroxylation sites is 2. The SMILES string of the molecule is COc1ccccc1N1CCN(c2nccnc2SCC(=O)Nc2ccc(Cl)cc2F)CC1. The van der Waals surface area contributed by atoms with E-state index in [0.29, 0.717) is 5.03 Å². The molecule has 1 amide bonds. The van der Waals surface area contributed by atoms with Crippen molar-refractivity contribution in [3.05, 3.63) is 65.7 Å². The van der Waals surface area contributed by atoms with Crippen molar-refractivity contribution in [1.29, 1.82) is 0 Å². The Hall–Kier alpha value is -3.04. The van der Waals surface area contributed by atoms with Crippen molar-refractivity contribution >= 4 is 46.5 Å². The lowest BCUT2D eigenvalue weighted by atomic mass is 10.2. The summed E-state index contributed by atoms with van der Waals surface area (Å²) in [6.45, 7) is 3.12. The fourth-order valence-electron chi connectivity index (χ4n) is 3.60. The van der Waals surface area contributed by atoms with Crippen LogP contribution in [0.2, 0.25) is 5.02 Å². The number of nitrogens with one attached hydrogen (secondary N) is 1. The number of hydrogen-bond donors (Lipinski definition) is 1. The second-order valence-electron chi connectivity index (χ2n) is 7.29. The first-order chi connectivity index (χ1) is 16.0. The number of aromatic nitrogens is 2. The average Bonchev–Trinajstić information content (AvgIpc) is 2.85. The maximum atomic E-state index is 13.9. The van der Waals surface area contributed by atoms with Gasteiger partial charge in [-0.3, -0.25) is 4.79 Å². The van der Waals surface area contributed by atoms with Gasteiger partial charge in [-0.2, -0.15) is 0 Å². The Balaban J connectivity index is 1.37. The van der Waals surface area contributed by atoms with Gasteiger partial charge < -0.3 is 19.9 Å². The molecule has 0 saturated carbocycles. The highest BCUT2D eigenvalue weighted by Gasteiger charge is 2.23. The Morgan fingerprint density at radius 1 is 1.12 bits per heavy atom. The number of amides is 1. The number of piperazine rings is 1. The molecule has 3 aromatic rings. The van der Waals surface area contributed by atoms with Gasteiger partial charge in [-0.25, -0.2) is 14.4 Å². The van der Waals surface area contributed by atoms with Crippen LogP contribution in [0.3, 0.4) is 0 Å². The molecule has 0 atom stereocenters. The summed E-state index contributed by atoms with van der Waals surface area (Å²) in [7, 11) is 1.68. The maximum Gasteiger partial charge on any atom is 0.234 e. The van der Waals surface area contributed by atoms with Crippen molar-refractivity contribution in [3.63, 3.8) is 0 Å². The second-order valence-corrected chi connectivity index (χ2v) is 8.69. The molecule has 0 bridgehead atoms. The Kier molecular flexibility index (Phi) is 7.51. The number of anilines is 3. The fourth-order valence-corrected chi connectivity index (χ4v) is 4.54. The first-order valence-corrected chi connectivity index (χ1v) is 11.7. The molecular formula is C23H23ClFN5O2S. The monoisotopic (exact) mass is 487 g/mol. The molecule has 1 N–H and O–H groups in total. The summed E-state index contributed by atoms with van der Waals surface area (Å²) in [5.41, 5.74) is 1.16. The van der Waals surface area contributed by atoms with Crippen molar-refractivity contribution in [1.82, 2.24) is 9.97 Å².